The normalized spacial score (nSPS) is 11.7. The summed E-state index contributed by atoms with van der Waals surface area (Å²) in [6.45, 7) is 5.04. The predicted octanol–water partition coefficient (Wildman–Crippen LogP) is 2.79. The average molecular weight is 229 g/mol. The first-order valence-electron chi connectivity index (χ1n) is 5.08. The third-order valence-electron chi connectivity index (χ3n) is 1.91. The third-order valence-corrected chi connectivity index (χ3v) is 4.52. The van der Waals surface area contributed by atoms with Gasteiger partial charge in [0, 0.05) is 0 Å². The van der Waals surface area contributed by atoms with Gasteiger partial charge >= 0.3 is 7.94 Å². The molecular weight excluding hydrogens is 211 g/mol. The molecule has 0 aliphatic rings. The summed E-state index contributed by atoms with van der Waals surface area (Å²) in [5, 5.41) is 0.983. The predicted molar refractivity (Wildman–Crippen MR) is 63.3 cm³/mol. The van der Waals surface area contributed by atoms with E-state index >= 15 is 0 Å². The Labute approximate surface area is 91.9 Å². The summed E-state index contributed by atoms with van der Waals surface area (Å²) in [4.78, 5) is 0. The molecule has 0 saturated carbocycles. The SMILES string of the molecule is CCO[P+](OC)(OCC)c1ccccc1. The summed E-state index contributed by atoms with van der Waals surface area (Å²) in [6, 6.07) is 9.83. The minimum atomic E-state index is -2.33. The van der Waals surface area contributed by atoms with Crippen molar-refractivity contribution in [1.29, 1.82) is 0 Å². The molecule has 0 aliphatic carbocycles. The van der Waals surface area contributed by atoms with Crippen LogP contribution in [0.1, 0.15) is 13.8 Å². The van der Waals surface area contributed by atoms with Gasteiger partial charge in [-0.1, -0.05) is 18.2 Å². The van der Waals surface area contributed by atoms with Crippen LogP contribution < -0.4 is 5.30 Å². The van der Waals surface area contributed by atoms with Crippen LogP contribution >= 0.6 is 7.94 Å². The molecule has 0 bridgehead atoms. The quantitative estimate of drug-likeness (QED) is 0.702. The van der Waals surface area contributed by atoms with Crippen molar-refractivity contribution in [3.8, 4) is 0 Å². The van der Waals surface area contributed by atoms with E-state index in [9.17, 15) is 0 Å². The zero-order valence-electron chi connectivity index (χ0n) is 9.47. The van der Waals surface area contributed by atoms with E-state index < -0.39 is 7.94 Å². The summed E-state index contributed by atoms with van der Waals surface area (Å²) < 4.78 is 16.8. The van der Waals surface area contributed by atoms with Gasteiger partial charge in [-0.15, -0.1) is 0 Å². The van der Waals surface area contributed by atoms with E-state index in [1.807, 2.05) is 44.2 Å². The van der Waals surface area contributed by atoms with Gasteiger partial charge in [0.2, 0.25) is 0 Å². The summed E-state index contributed by atoms with van der Waals surface area (Å²) in [5.74, 6) is 0. The smallest absolute Gasteiger partial charge is 0.177 e. The molecule has 84 valence electrons. The molecule has 0 aliphatic heterocycles. The molecule has 4 heteroatoms. The molecule has 15 heavy (non-hydrogen) atoms. The Bertz CT molecular complexity index is 270. The van der Waals surface area contributed by atoms with E-state index in [1.165, 1.54) is 0 Å². The third kappa shape index (κ3) is 2.99. The Kier molecular flexibility index (Phi) is 5.20. The second kappa shape index (κ2) is 6.19. The largest absolute Gasteiger partial charge is 0.448 e. The molecule has 0 fully saturated rings. The fraction of sp³-hybridized carbons (Fsp3) is 0.455. The Balaban J connectivity index is 2.97. The molecule has 0 atom stereocenters. The van der Waals surface area contributed by atoms with Crippen LogP contribution in [0.25, 0.3) is 0 Å². The van der Waals surface area contributed by atoms with Gasteiger partial charge < -0.3 is 0 Å². The van der Waals surface area contributed by atoms with E-state index in [1.54, 1.807) is 7.11 Å². The topological polar surface area (TPSA) is 27.7 Å². The molecule has 0 heterocycles. The Hall–Kier alpha value is -0.470. The Morgan fingerprint density at radius 3 is 1.93 bits per heavy atom. The maximum Gasteiger partial charge on any atom is 0.448 e. The van der Waals surface area contributed by atoms with Crippen molar-refractivity contribution in [2.24, 2.45) is 0 Å². The fourth-order valence-corrected chi connectivity index (χ4v) is 3.36. The van der Waals surface area contributed by atoms with Crippen LogP contribution in [0.2, 0.25) is 0 Å². The highest BCUT2D eigenvalue weighted by atomic mass is 31.2. The molecule has 0 N–H and O–H groups in total. The molecular formula is C11H18O3P+. The summed E-state index contributed by atoms with van der Waals surface area (Å²) in [6.07, 6.45) is 0. The monoisotopic (exact) mass is 229 g/mol. The maximum absolute atomic E-state index is 5.67. The van der Waals surface area contributed by atoms with Crippen LogP contribution in [-0.4, -0.2) is 20.3 Å². The van der Waals surface area contributed by atoms with Gasteiger partial charge in [-0.2, -0.15) is 13.6 Å². The van der Waals surface area contributed by atoms with Crippen LogP contribution in [0.15, 0.2) is 30.3 Å². The molecule has 0 amide bonds. The number of hydrogen-bond acceptors (Lipinski definition) is 3. The molecule has 0 aromatic heterocycles. The van der Waals surface area contributed by atoms with Gasteiger partial charge in [-0.3, -0.25) is 0 Å². The van der Waals surface area contributed by atoms with E-state index in [2.05, 4.69) is 0 Å². The maximum atomic E-state index is 5.67. The fourth-order valence-electron chi connectivity index (χ4n) is 1.35. The standard InChI is InChI=1S/C11H18O3P/c1-4-13-15(12-3,14-5-2)11-9-7-6-8-10-11/h6-10H,4-5H2,1-3H3/q+1. The minimum absolute atomic E-state index is 0.580. The van der Waals surface area contributed by atoms with E-state index in [0.717, 1.165) is 5.30 Å². The first-order chi connectivity index (χ1) is 7.29. The summed E-state index contributed by atoms with van der Waals surface area (Å²) >= 11 is 0. The summed E-state index contributed by atoms with van der Waals surface area (Å²) in [7, 11) is -0.698. The first kappa shape index (κ1) is 12.6. The van der Waals surface area contributed by atoms with E-state index in [-0.39, 0.29) is 0 Å². The van der Waals surface area contributed by atoms with Crippen LogP contribution in [0.4, 0.5) is 0 Å². The lowest BCUT2D eigenvalue weighted by Gasteiger charge is -2.18. The van der Waals surface area contributed by atoms with Gasteiger partial charge in [-0.25, -0.2) is 0 Å². The van der Waals surface area contributed by atoms with Crippen molar-refractivity contribution in [3.05, 3.63) is 30.3 Å². The van der Waals surface area contributed by atoms with Crippen LogP contribution in [0.3, 0.4) is 0 Å². The van der Waals surface area contributed by atoms with Gasteiger partial charge in [-0.05, 0) is 26.0 Å². The van der Waals surface area contributed by atoms with Crippen LogP contribution in [-0.2, 0) is 13.6 Å². The second-order valence-electron chi connectivity index (χ2n) is 2.85. The van der Waals surface area contributed by atoms with Crippen molar-refractivity contribution >= 4 is 13.2 Å². The summed E-state index contributed by atoms with van der Waals surface area (Å²) in [5.41, 5.74) is 0. The highest BCUT2D eigenvalue weighted by Gasteiger charge is 2.46. The Morgan fingerprint density at radius 2 is 1.53 bits per heavy atom. The van der Waals surface area contributed by atoms with Crippen molar-refractivity contribution in [3.63, 3.8) is 0 Å². The molecule has 0 spiro atoms. The lowest BCUT2D eigenvalue weighted by atomic mass is 10.4. The van der Waals surface area contributed by atoms with Crippen molar-refractivity contribution in [1.82, 2.24) is 0 Å². The van der Waals surface area contributed by atoms with Crippen LogP contribution in [0, 0.1) is 0 Å². The highest BCUT2D eigenvalue weighted by molar-refractivity contribution is 7.69. The Morgan fingerprint density at radius 1 is 1.00 bits per heavy atom. The molecule has 0 saturated heterocycles. The molecule has 3 nitrogen and oxygen atoms in total. The zero-order valence-corrected chi connectivity index (χ0v) is 10.4. The highest BCUT2D eigenvalue weighted by Crippen LogP contribution is 2.59. The van der Waals surface area contributed by atoms with Gasteiger partial charge in [0.1, 0.15) is 0 Å². The van der Waals surface area contributed by atoms with Gasteiger partial charge in [0.05, 0.1) is 20.3 Å². The second-order valence-corrected chi connectivity index (χ2v) is 5.24. The van der Waals surface area contributed by atoms with Crippen molar-refractivity contribution in [2.75, 3.05) is 20.3 Å². The van der Waals surface area contributed by atoms with Crippen LogP contribution in [0.5, 0.6) is 0 Å². The first-order valence-corrected chi connectivity index (χ1v) is 6.62. The molecule has 1 aromatic rings. The lowest BCUT2D eigenvalue weighted by Crippen LogP contribution is -2.18. The van der Waals surface area contributed by atoms with Crippen molar-refractivity contribution < 1.29 is 13.6 Å². The molecule has 1 rings (SSSR count). The number of benzene rings is 1. The van der Waals surface area contributed by atoms with E-state index in [4.69, 9.17) is 13.6 Å². The zero-order chi connectivity index (χ0) is 11.1. The average Bonchev–Trinajstić information content (AvgIpc) is 2.30. The molecule has 0 unspecified atom stereocenters. The van der Waals surface area contributed by atoms with Gasteiger partial charge in [0.25, 0.3) is 0 Å². The lowest BCUT2D eigenvalue weighted by molar-refractivity contribution is 0.178. The van der Waals surface area contributed by atoms with E-state index in [0.29, 0.717) is 13.2 Å². The van der Waals surface area contributed by atoms with Gasteiger partial charge in [0.15, 0.2) is 5.30 Å². The molecule has 1 aromatic carbocycles. The number of rotatable bonds is 6. The number of hydrogen-bond donors (Lipinski definition) is 0. The van der Waals surface area contributed by atoms with Crippen molar-refractivity contribution in [2.45, 2.75) is 13.8 Å². The molecule has 0 radical (unpaired) electrons. The minimum Gasteiger partial charge on any atom is -0.177 e.